The maximum Gasteiger partial charge on any atom is 0.0821 e. The van der Waals surface area contributed by atoms with E-state index in [0.717, 1.165) is 17.4 Å². The van der Waals surface area contributed by atoms with Gasteiger partial charge in [0.2, 0.25) is 0 Å². The highest BCUT2D eigenvalue weighted by molar-refractivity contribution is 9.11. The van der Waals surface area contributed by atoms with E-state index in [1.54, 1.807) is 0 Å². The van der Waals surface area contributed by atoms with E-state index in [0.29, 0.717) is 8.95 Å². The molecule has 0 radical (unpaired) electrons. The predicted molar refractivity (Wildman–Crippen MR) is 67.9 cm³/mol. The van der Waals surface area contributed by atoms with Crippen molar-refractivity contribution in [2.24, 2.45) is 0 Å². The minimum absolute atomic E-state index is 0.0176. The molecule has 0 heterocycles. The van der Waals surface area contributed by atoms with E-state index in [9.17, 15) is 5.11 Å². The number of nitrogens with zero attached hydrogens (tertiary/aromatic N) is 1. The normalized spacial score (nSPS) is 11.8. The molecular formula is C11H15Br2NO. The molecule has 0 saturated heterocycles. The second-order valence-electron chi connectivity index (χ2n) is 4.65. The molecule has 2 nitrogen and oxygen atoms in total. The Morgan fingerprint density at radius 2 is 1.60 bits per heavy atom. The molecule has 1 aromatic carbocycles. The van der Waals surface area contributed by atoms with Gasteiger partial charge in [0, 0.05) is 15.4 Å². The molecule has 4 heteroatoms. The smallest absolute Gasteiger partial charge is 0.0821 e. The Balaban J connectivity index is 2.80. The van der Waals surface area contributed by atoms with Crippen molar-refractivity contribution in [3.05, 3.63) is 26.6 Å². The van der Waals surface area contributed by atoms with Crippen molar-refractivity contribution in [1.29, 1.82) is 0 Å². The molecule has 0 aromatic heterocycles. The largest absolute Gasteiger partial charge is 0.871 e. The van der Waals surface area contributed by atoms with Crippen molar-refractivity contribution < 1.29 is 9.59 Å². The van der Waals surface area contributed by atoms with Crippen LogP contribution in [0.4, 0.5) is 0 Å². The van der Waals surface area contributed by atoms with E-state index >= 15 is 0 Å². The fraction of sp³-hybridized carbons (Fsp3) is 0.455. The number of benzene rings is 1. The highest BCUT2D eigenvalue weighted by atomic mass is 79.9. The van der Waals surface area contributed by atoms with Gasteiger partial charge in [-0.05, 0) is 17.7 Å². The summed E-state index contributed by atoms with van der Waals surface area (Å²) < 4.78 is 2.19. The lowest BCUT2D eigenvalue weighted by Crippen LogP contribution is -2.36. The Hall–Kier alpha value is -0.0600. The van der Waals surface area contributed by atoms with E-state index in [1.807, 2.05) is 12.1 Å². The number of quaternary nitrogens is 1. The van der Waals surface area contributed by atoms with Crippen LogP contribution in [0.2, 0.25) is 0 Å². The van der Waals surface area contributed by atoms with Gasteiger partial charge in [0.15, 0.2) is 0 Å². The molecule has 0 amide bonds. The summed E-state index contributed by atoms with van der Waals surface area (Å²) >= 11 is 6.54. The van der Waals surface area contributed by atoms with E-state index in [4.69, 9.17) is 0 Å². The standard InChI is InChI=1S/C11H15Br2NO/c1-14(2,3)5-4-8-6-9(12)11(15)10(13)7-8/h6-7H,4-5H2,1-3H3. The fourth-order valence-electron chi connectivity index (χ4n) is 1.22. The number of hydrogen-bond donors (Lipinski definition) is 0. The predicted octanol–water partition coefficient (Wildman–Crippen LogP) is 2.53. The van der Waals surface area contributed by atoms with Gasteiger partial charge in [0.1, 0.15) is 0 Å². The molecule has 0 aliphatic rings. The van der Waals surface area contributed by atoms with Crippen molar-refractivity contribution >= 4 is 31.9 Å². The molecule has 0 fully saturated rings. The quantitative estimate of drug-likeness (QED) is 0.778. The van der Waals surface area contributed by atoms with Crippen LogP contribution in [-0.4, -0.2) is 32.2 Å². The summed E-state index contributed by atoms with van der Waals surface area (Å²) in [6, 6.07) is 3.81. The van der Waals surface area contributed by atoms with Crippen LogP contribution in [0.1, 0.15) is 5.56 Å². The molecule has 0 unspecified atom stereocenters. The van der Waals surface area contributed by atoms with Gasteiger partial charge in [0.25, 0.3) is 0 Å². The lowest BCUT2D eigenvalue weighted by molar-refractivity contribution is -0.870. The van der Waals surface area contributed by atoms with Crippen LogP contribution in [0.5, 0.6) is 5.75 Å². The molecule has 0 aliphatic heterocycles. The van der Waals surface area contributed by atoms with Gasteiger partial charge in [-0.25, -0.2) is 0 Å². The monoisotopic (exact) mass is 335 g/mol. The Morgan fingerprint density at radius 1 is 1.13 bits per heavy atom. The highest BCUT2D eigenvalue weighted by Gasteiger charge is 2.08. The van der Waals surface area contributed by atoms with Gasteiger partial charge in [-0.3, -0.25) is 0 Å². The van der Waals surface area contributed by atoms with Crippen molar-refractivity contribution in [3.63, 3.8) is 0 Å². The first-order chi connectivity index (χ1) is 6.79. The Kier molecular flexibility index (Phi) is 4.20. The summed E-state index contributed by atoms with van der Waals surface area (Å²) in [5.41, 5.74) is 1.18. The minimum Gasteiger partial charge on any atom is -0.871 e. The average Bonchev–Trinajstić information content (AvgIpc) is 2.09. The summed E-state index contributed by atoms with van der Waals surface area (Å²) in [7, 11) is 6.48. The zero-order valence-electron chi connectivity index (χ0n) is 9.18. The third-order valence-electron chi connectivity index (χ3n) is 2.13. The van der Waals surface area contributed by atoms with Crippen molar-refractivity contribution in [1.82, 2.24) is 0 Å². The van der Waals surface area contributed by atoms with Crippen LogP contribution in [0, 0.1) is 0 Å². The van der Waals surface area contributed by atoms with E-state index in [-0.39, 0.29) is 5.75 Å². The fourth-order valence-corrected chi connectivity index (χ4v) is 2.50. The SMILES string of the molecule is C[N+](C)(C)CCc1cc(Br)c([O-])c(Br)c1. The second-order valence-corrected chi connectivity index (χ2v) is 6.36. The average molecular weight is 337 g/mol. The lowest BCUT2D eigenvalue weighted by Gasteiger charge is -2.24. The zero-order valence-corrected chi connectivity index (χ0v) is 12.4. The molecule has 0 bridgehead atoms. The molecule has 15 heavy (non-hydrogen) atoms. The van der Waals surface area contributed by atoms with Gasteiger partial charge < -0.3 is 9.59 Å². The summed E-state index contributed by atoms with van der Waals surface area (Å²) in [5.74, 6) is 0.0176. The van der Waals surface area contributed by atoms with Crippen LogP contribution in [0.3, 0.4) is 0 Å². The van der Waals surface area contributed by atoms with Crippen molar-refractivity contribution in [2.75, 3.05) is 27.7 Å². The van der Waals surface area contributed by atoms with E-state index < -0.39 is 0 Å². The Bertz CT molecular complexity index is 335. The number of likely N-dealkylation sites (N-methyl/N-ethyl adjacent to an activating group) is 1. The Morgan fingerprint density at radius 3 is 2.00 bits per heavy atom. The van der Waals surface area contributed by atoms with Crippen LogP contribution in [0.25, 0.3) is 0 Å². The second kappa shape index (κ2) is 4.85. The summed E-state index contributed by atoms with van der Waals surface area (Å²) in [5, 5.41) is 11.4. The van der Waals surface area contributed by atoms with Gasteiger partial charge in [-0.15, -0.1) is 0 Å². The first-order valence-electron chi connectivity index (χ1n) is 4.75. The van der Waals surface area contributed by atoms with Gasteiger partial charge in [0.05, 0.1) is 27.7 Å². The number of rotatable bonds is 3. The van der Waals surface area contributed by atoms with Gasteiger partial charge >= 0.3 is 0 Å². The molecular weight excluding hydrogens is 322 g/mol. The molecule has 0 saturated carbocycles. The summed E-state index contributed by atoms with van der Waals surface area (Å²) in [4.78, 5) is 0. The summed E-state index contributed by atoms with van der Waals surface area (Å²) in [6.45, 7) is 1.05. The highest BCUT2D eigenvalue weighted by Crippen LogP contribution is 2.31. The lowest BCUT2D eigenvalue weighted by atomic mass is 10.1. The number of hydrogen-bond acceptors (Lipinski definition) is 1. The van der Waals surface area contributed by atoms with Crippen LogP contribution >= 0.6 is 31.9 Å². The van der Waals surface area contributed by atoms with Gasteiger partial charge in [-0.2, -0.15) is 0 Å². The van der Waals surface area contributed by atoms with E-state index in [2.05, 4.69) is 53.0 Å². The maximum atomic E-state index is 11.4. The molecule has 0 atom stereocenters. The third-order valence-corrected chi connectivity index (χ3v) is 3.31. The first-order valence-corrected chi connectivity index (χ1v) is 6.33. The molecule has 0 spiro atoms. The topological polar surface area (TPSA) is 23.1 Å². The molecule has 1 rings (SSSR count). The van der Waals surface area contributed by atoms with Crippen molar-refractivity contribution in [2.45, 2.75) is 6.42 Å². The van der Waals surface area contributed by atoms with Crippen molar-refractivity contribution in [3.8, 4) is 5.75 Å². The molecule has 0 N–H and O–H groups in total. The number of halogens is 2. The van der Waals surface area contributed by atoms with Gasteiger partial charge in [-0.1, -0.05) is 37.6 Å². The first kappa shape index (κ1) is 13.0. The zero-order chi connectivity index (χ0) is 11.6. The molecule has 1 aromatic rings. The molecule has 84 valence electrons. The third kappa shape index (κ3) is 4.13. The summed E-state index contributed by atoms with van der Waals surface area (Å²) in [6.07, 6.45) is 0.973. The van der Waals surface area contributed by atoms with E-state index in [1.165, 1.54) is 5.56 Å². The van der Waals surface area contributed by atoms with Crippen LogP contribution < -0.4 is 5.11 Å². The van der Waals surface area contributed by atoms with Crippen LogP contribution in [-0.2, 0) is 6.42 Å². The molecule has 0 aliphatic carbocycles. The minimum atomic E-state index is 0.0176. The maximum absolute atomic E-state index is 11.4. The van der Waals surface area contributed by atoms with Crippen LogP contribution in [0.15, 0.2) is 21.1 Å². The Labute approximate surface area is 108 Å².